The molecule has 3 heteroatoms. The fourth-order valence-corrected chi connectivity index (χ4v) is 2.39. The summed E-state index contributed by atoms with van der Waals surface area (Å²) in [5.41, 5.74) is 0.420. The fourth-order valence-electron chi connectivity index (χ4n) is 2.39. The fraction of sp³-hybridized carbons (Fsp3) is 0.571. The first-order valence-electron chi connectivity index (χ1n) is 6.18. The molecule has 1 aromatic rings. The zero-order chi connectivity index (χ0) is 12.3. The lowest BCUT2D eigenvalue weighted by atomic mass is 9.73. The van der Waals surface area contributed by atoms with Crippen molar-refractivity contribution in [3.05, 3.63) is 29.8 Å². The van der Waals surface area contributed by atoms with Crippen LogP contribution in [0.5, 0.6) is 5.75 Å². The smallest absolute Gasteiger partial charge is 0.125 e. The van der Waals surface area contributed by atoms with Gasteiger partial charge in [0.2, 0.25) is 0 Å². The third-order valence-electron chi connectivity index (χ3n) is 3.62. The maximum Gasteiger partial charge on any atom is 0.125 e. The van der Waals surface area contributed by atoms with Gasteiger partial charge in [0.1, 0.15) is 11.9 Å². The molecular formula is C14H20O3. The number of hydrogen-bond donors (Lipinski definition) is 1. The van der Waals surface area contributed by atoms with Gasteiger partial charge in [0, 0.05) is 12.7 Å². The van der Waals surface area contributed by atoms with Gasteiger partial charge in [-0.05, 0) is 32.3 Å². The molecule has 0 amide bonds. The van der Waals surface area contributed by atoms with Crippen molar-refractivity contribution in [2.45, 2.75) is 37.9 Å². The largest absolute Gasteiger partial charge is 0.493 e. The third-order valence-corrected chi connectivity index (χ3v) is 3.62. The van der Waals surface area contributed by atoms with Gasteiger partial charge in [-0.1, -0.05) is 18.2 Å². The average molecular weight is 236 g/mol. The minimum atomic E-state index is -0.607. The van der Waals surface area contributed by atoms with E-state index in [1.54, 1.807) is 7.11 Å². The van der Waals surface area contributed by atoms with E-state index in [1.807, 2.05) is 31.2 Å². The number of aliphatic hydroxyl groups is 1. The second-order valence-electron chi connectivity index (χ2n) is 4.50. The summed E-state index contributed by atoms with van der Waals surface area (Å²) in [5, 5.41) is 10.5. The van der Waals surface area contributed by atoms with E-state index in [0.29, 0.717) is 6.61 Å². The van der Waals surface area contributed by atoms with Crippen LogP contribution in [0.1, 0.15) is 37.9 Å². The summed E-state index contributed by atoms with van der Waals surface area (Å²) in [6.07, 6.45) is 2.32. The van der Waals surface area contributed by atoms with Gasteiger partial charge in [-0.25, -0.2) is 0 Å². The van der Waals surface area contributed by atoms with Crippen LogP contribution in [-0.2, 0) is 4.74 Å². The van der Waals surface area contributed by atoms with Crippen molar-refractivity contribution in [1.29, 1.82) is 0 Å². The number of benzene rings is 1. The Morgan fingerprint density at radius 3 is 2.59 bits per heavy atom. The van der Waals surface area contributed by atoms with Crippen molar-refractivity contribution in [3.8, 4) is 5.75 Å². The predicted octanol–water partition coefficient (Wildman–Crippen LogP) is 2.69. The van der Waals surface area contributed by atoms with Gasteiger partial charge >= 0.3 is 0 Å². The van der Waals surface area contributed by atoms with E-state index in [9.17, 15) is 5.11 Å². The van der Waals surface area contributed by atoms with Crippen LogP contribution in [0.25, 0.3) is 0 Å². The molecule has 1 N–H and O–H groups in total. The maximum atomic E-state index is 10.5. The lowest BCUT2D eigenvalue weighted by Crippen LogP contribution is -2.45. The minimum absolute atomic E-state index is 0.410. The molecule has 1 aliphatic rings. The van der Waals surface area contributed by atoms with Crippen LogP contribution in [0.15, 0.2) is 24.3 Å². The molecule has 3 nitrogen and oxygen atoms in total. The van der Waals surface area contributed by atoms with Crippen LogP contribution in [0, 0.1) is 0 Å². The minimum Gasteiger partial charge on any atom is -0.493 e. The third kappa shape index (κ3) is 2.17. The van der Waals surface area contributed by atoms with E-state index in [2.05, 4.69) is 0 Å². The van der Waals surface area contributed by atoms with Crippen molar-refractivity contribution in [2.75, 3.05) is 13.7 Å². The highest BCUT2D eigenvalue weighted by Gasteiger charge is 2.45. The van der Waals surface area contributed by atoms with E-state index in [4.69, 9.17) is 9.47 Å². The van der Waals surface area contributed by atoms with E-state index in [0.717, 1.165) is 30.6 Å². The zero-order valence-electron chi connectivity index (χ0n) is 10.5. The molecule has 0 radical (unpaired) electrons. The van der Waals surface area contributed by atoms with E-state index >= 15 is 0 Å². The number of hydrogen-bond acceptors (Lipinski definition) is 3. The number of methoxy groups -OCH3 is 1. The summed E-state index contributed by atoms with van der Waals surface area (Å²) >= 11 is 0. The summed E-state index contributed by atoms with van der Waals surface area (Å²) in [7, 11) is 1.67. The Labute approximate surface area is 102 Å². The SMILES string of the molecule is CCOc1ccccc1C(O)C1(OC)CCC1. The first-order chi connectivity index (χ1) is 8.23. The molecule has 1 unspecified atom stereocenters. The summed E-state index contributed by atoms with van der Waals surface area (Å²) in [6.45, 7) is 2.54. The lowest BCUT2D eigenvalue weighted by Gasteiger charge is -2.44. The van der Waals surface area contributed by atoms with Crippen molar-refractivity contribution >= 4 is 0 Å². The monoisotopic (exact) mass is 236 g/mol. The summed E-state index contributed by atoms with van der Waals surface area (Å²) in [4.78, 5) is 0. The predicted molar refractivity (Wildman–Crippen MR) is 66.2 cm³/mol. The number of rotatable bonds is 5. The Morgan fingerprint density at radius 2 is 2.06 bits per heavy atom. The van der Waals surface area contributed by atoms with E-state index in [1.165, 1.54) is 0 Å². The Hall–Kier alpha value is -1.06. The van der Waals surface area contributed by atoms with E-state index in [-0.39, 0.29) is 0 Å². The molecular weight excluding hydrogens is 216 g/mol. The summed E-state index contributed by atoms with van der Waals surface area (Å²) < 4.78 is 11.1. The van der Waals surface area contributed by atoms with Gasteiger partial charge in [-0.2, -0.15) is 0 Å². The summed E-state index contributed by atoms with van der Waals surface area (Å²) in [5.74, 6) is 0.755. The van der Waals surface area contributed by atoms with Crippen molar-refractivity contribution in [3.63, 3.8) is 0 Å². The van der Waals surface area contributed by atoms with Gasteiger partial charge in [0.25, 0.3) is 0 Å². The molecule has 1 atom stereocenters. The molecule has 0 saturated heterocycles. The number of para-hydroxylation sites is 1. The molecule has 94 valence electrons. The molecule has 0 aliphatic heterocycles. The van der Waals surface area contributed by atoms with Crippen LogP contribution >= 0.6 is 0 Å². The van der Waals surface area contributed by atoms with Gasteiger partial charge in [0.15, 0.2) is 0 Å². The van der Waals surface area contributed by atoms with Crippen molar-refractivity contribution in [1.82, 2.24) is 0 Å². The quantitative estimate of drug-likeness (QED) is 0.854. The van der Waals surface area contributed by atoms with Gasteiger partial charge in [0.05, 0.1) is 12.2 Å². The maximum absolute atomic E-state index is 10.5. The average Bonchev–Trinajstić information content (AvgIpc) is 2.29. The van der Waals surface area contributed by atoms with Crippen molar-refractivity contribution < 1.29 is 14.6 Å². The zero-order valence-corrected chi connectivity index (χ0v) is 10.5. The normalized spacial score (nSPS) is 19.5. The molecule has 17 heavy (non-hydrogen) atoms. The van der Waals surface area contributed by atoms with Crippen LogP contribution in [0.4, 0.5) is 0 Å². The Kier molecular flexibility index (Phi) is 3.69. The van der Waals surface area contributed by atoms with Crippen LogP contribution in [0.2, 0.25) is 0 Å². The highest BCUT2D eigenvalue weighted by molar-refractivity contribution is 5.37. The number of aliphatic hydroxyl groups excluding tert-OH is 1. The van der Waals surface area contributed by atoms with Crippen molar-refractivity contribution in [2.24, 2.45) is 0 Å². The lowest BCUT2D eigenvalue weighted by molar-refractivity contribution is -0.152. The Morgan fingerprint density at radius 1 is 1.35 bits per heavy atom. The Balaban J connectivity index is 2.26. The molecule has 0 bridgehead atoms. The van der Waals surface area contributed by atoms with Gasteiger partial charge in [-0.15, -0.1) is 0 Å². The van der Waals surface area contributed by atoms with Crippen LogP contribution in [-0.4, -0.2) is 24.4 Å². The topological polar surface area (TPSA) is 38.7 Å². The highest BCUT2D eigenvalue weighted by atomic mass is 16.5. The van der Waals surface area contributed by atoms with Crippen LogP contribution < -0.4 is 4.74 Å². The molecule has 0 spiro atoms. The molecule has 2 rings (SSSR count). The first kappa shape index (κ1) is 12.4. The molecule has 0 heterocycles. The second-order valence-corrected chi connectivity index (χ2v) is 4.50. The highest BCUT2D eigenvalue weighted by Crippen LogP contribution is 2.46. The van der Waals surface area contributed by atoms with Gasteiger partial charge in [-0.3, -0.25) is 0 Å². The molecule has 1 fully saturated rings. The molecule has 1 saturated carbocycles. The van der Waals surface area contributed by atoms with Gasteiger partial charge < -0.3 is 14.6 Å². The van der Waals surface area contributed by atoms with Crippen LogP contribution in [0.3, 0.4) is 0 Å². The standard InChI is InChI=1S/C14H20O3/c1-3-17-12-8-5-4-7-11(12)13(15)14(16-2)9-6-10-14/h4-5,7-8,13,15H,3,6,9-10H2,1-2H3. The summed E-state index contributed by atoms with van der Waals surface area (Å²) in [6, 6.07) is 7.64. The molecule has 1 aromatic carbocycles. The first-order valence-corrected chi connectivity index (χ1v) is 6.18. The molecule has 1 aliphatic carbocycles. The number of ether oxygens (including phenoxy) is 2. The molecule has 0 aromatic heterocycles. The van der Waals surface area contributed by atoms with E-state index < -0.39 is 11.7 Å². The second kappa shape index (κ2) is 5.07. The Bertz CT molecular complexity index is 366.